The van der Waals surface area contributed by atoms with Gasteiger partial charge in [0.15, 0.2) is 6.61 Å². The molecule has 2 aliphatic rings. The molecule has 1 N–H and O–H groups in total. The Labute approximate surface area is 145 Å². The van der Waals surface area contributed by atoms with Gasteiger partial charge in [-0.1, -0.05) is 18.2 Å². The summed E-state index contributed by atoms with van der Waals surface area (Å²) < 4.78 is 10.5. The lowest BCUT2D eigenvalue weighted by atomic mass is 9.87. The minimum absolute atomic E-state index is 0.103. The van der Waals surface area contributed by atoms with Gasteiger partial charge in [-0.25, -0.2) is 9.59 Å². The molecule has 7 nitrogen and oxygen atoms in total. The molecule has 2 heterocycles. The average molecular weight is 347 g/mol. The zero-order chi connectivity index (χ0) is 18.0. The summed E-state index contributed by atoms with van der Waals surface area (Å²) in [5, 5.41) is 8.73. The van der Waals surface area contributed by atoms with Gasteiger partial charge in [0.1, 0.15) is 12.0 Å². The Bertz CT molecular complexity index is 661. The summed E-state index contributed by atoms with van der Waals surface area (Å²) in [5.41, 5.74) is 0.423. The maximum atomic E-state index is 12.5. The number of fused-ring (bicyclic) bond motifs is 2. The molecule has 2 aliphatic heterocycles. The van der Waals surface area contributed by atoms with Gasteiger partial charge in [-0.05, 0) is 32.0 Å². The van der Waals surface area contributed by atoms with Crippen molar-refractivity contribution in [2.75, 3.05) is 13.7 Å². The number of carboxylic acids is 1. The highest BCUT2D eigenvalue weighted by atomic mass is 16.6. The van der Waals surface area contributed by atoms with Crippen molar-refractivity contribution < 1.29 is 29.0 Å². The first-order valence-corrected chi connectivity index (χ1v) is 8.33. The van der Waals surface area contributed by atoms with Gasteiger partial charge in [0.25, 0.3) is 0 Å². The Morgan fingerprint density at radius 3 is 2.60 bits per heavy atom. The molecule has 0 amide bonds. The fourth-order valence-corrected chi connectivity index (χ4v) is 3.86. The van der Waals surface area contributed by atoms with E-state index in [1.54, 1.807) is 30.3 Å². The van der Waals surface area contributed by atoms with Crippen molar-refractivity contribution in [3.63, 3.8) is 0 Å². The highest BCUT2D eigenvalue weighted by Crippen LogP contribution is 2.40. The summed E-state index contributed by atoms with van der Waals surface area (Å²) in [7, 11) is 1.94. The summed E-state index contributed by atoms with van der Waals surface area (Å²) in [6.07, 6.45) is 1.65. The topological polar surface area (TPSA) is 93.1 Å². The molecule has 134 valence electrons. The molecule has 0 spiro atoms. The molecule has 0 saturated carbocycles. The van der Waals surface area contributed by atoms with E-state index < -0.39 is 36.5 Å². The number of carbonyl (C=O) groups is 3. The Hall–Kier alpha value is -2.41. The maximum absolute atomic E-state index is 12.5. The predicted octanol–water partition coefficient (Wildman–Crippen LogP) is 1.32. The molecule has 1 aromatic carbocycles. The third-order valence-electron chi connectivity index (χ3n) is 5.09. The molecular formula is C18H21NO6. The summed E-state index contributed by atoms with van der Waals surface area (Å²) in [5.74, 6) is -2.98. The number of hydrogen-bond donors (Lipinski definition) is 1. The Balaban J connectivity index is 1.76. The number of hydrogen-bond acceptors (Lipinski definition) is 6. The first-order chi connectivity index (χ1) is 12.0. The fraction of sp³-hybridized carbons (Fsp3) is 0.500. The molecule has 2 bridgehead atoms. The van der Waals surface area contributed by atoms with E-state index in [2.05, 4.69) is 4.90 Å². The van der Waals surface area contributed by atoms with Gasteiger partial charge >= 0.3 is 17.9 Å². The van der Waals surface area contributed by atoms with Crippen molar-refractivity contribution in [3.05, 3.63) is 35.9 Å². The smallest absolute Gasteiger partial charge is 0.341 e. The number of rotatable bonds is 5. The highest BCUT2D eigenvalue weighted by molar-refractivity contribution is 5.89. The summed E-state index contributed by atoms with van der Waals surface area (Å²) in [4.78, 5) is 37.6. The average Bonchev–Trinajstić information content (AvgIpc) is 2.83. The zero-order valence-electron chi connectivity index (χ0n) is 14.0. The Morgan fingerprint density at radius 1 is 1.20 bits per heavy atom. The molecule has 0 aromatic heterocycles. The van der Waals surface area contributed by atoms with Gasteiger partial charge in [0, 0.05) is 18.5 Å². The lowest BCUT2D eigenvalue weighted by Crippen LogP contribution is -2.53. The van der Waals surface area contributed by atoms with Crippen molar-refractivity contribution in [2.45, 2.75) is 37.5 Å². The minimum atomic E-state index is -1.21. The van der Waals surface area contributed by atoms with Gasteiger partial charge in [0.05, 0.1) is 5.56 Å². The SMILES string of the molecule is CN1C2CCC1[C@@H](C(=O)OCC(=O)O)[C@@H](OC(=O)c1ccccc1)C2. The van der Waals surface area contributed by atoms with Crippen molar-refractivity contribution in [1.82, 2.24) is 4.90 Å². The van der Waals surface area contributed by atoms with Crippen LogP contribution < -0.4 is 0 Å². The quantitative estimate of drug-likeness (QED) is 0.803. The third-order valence-corrected chi connectivity index (χ3v) is 5.09. The van der Waals surface area contributed by atoms with Crippen LogP contribution in [0.4, 0.5) is 0 Å². The minimum Gasteiger partial charge on any atom is -0.479 e. The van der Waals surface area contributed by atoms with E-state index in [1.165, 1.54) is 0 Å². The number of carboxylic acid groups (broad SMARTS) is 1. The number of esters is 2. The van der Waals surface area contributed by atoms with E-state index in [1.807, 2.05) is 7.05 Å². The van der Waals surface area contributed by atoms with Gasteiger partial charge in [-0.15, -0.1) is 0 Å². The largest absolute Gasteiger partial charge is 0.479 e. The first kappa shape index (κ1) is 17.4. The van der Waals surface area contributed by atoms with Crippen LogP contribution in [0.2, 0.25) is 0 Å². The van der Waals surface area contributed by atoms with E-state index in [0.717, 1.165) is 12.8 Å². The third kappa shape index (κ3) is 3.66. The van der Waals surface area contributed by atoms with E-state index in [-0.39, 0.29) is 12.1 Å². The van der Waals surface area contributed by atoms with Crippen LogP contribution in [-0.2, 0) is 19.1 Å². The van der Waals surface area contributed by atoms with Crippen molar-refractivity contribution in [1.29, 1.82) is 0 Å². The van der Waals surface area contributed by atoms with Crippen molar-refractivity contribution >= 4 is 17.9 Å². The van der Waals surface area contributed by atoms with E-state index in [0.29, 0.717) is 12.0 Å². The number of nitrogens with zero attached hydrogens (tertiary/aromatic N) is 1. The Morgan fingerprint density at radius 2 is 1.92 bits per heavy atom. The highest BCUT2D eigenvalue weighted by Gasteiger charge is 2.51. The number of piperidine rings is 1. The van der Waals surface area contributed by atoms with Crippen LogP contribution in [0.25, 0.3) is 0 Å². The van der Waals surface area contributed by atoms with Crippen LogP contribution in [-0.4, -0.2) is 59.8 Å². The van der Waals surface area contributed by atoms with Crippen LogP contribution in [0, 0.1) is 5.92 Å². The van der Waals surface area contributed by atoms with Crippen LogP contribution in [0.3, 0.4) is 0 Å². The molecule has 1 aromatic rings. The van der Waals surface area contributed by atoms with Gasteiger partial charge in [-0.3, -0.25) is 9.69 Å². The number of carbonyl (C=O) groups excluding carboxylic acids is 2. The number of ether oxygens (including phenoxy) is 2. The van der Waals surface area contributed by atoms with Gasteiger partial charge in [0.2, 0.25) is 0 Å². The van der Waals surface area contributed by atoms with Crippen molar-refractivity contribution in [2.24, 2.45) is 5.92 Å². The number of benzene rings is 1. The normalized spacial score (nSPS) is 28.4. The van der Waals surface area contributed by atoms with Crippen LogP contribution in [0.5, 0.6) is 0 Å². The molecule has 3 rings (SSSR count). The monoisotopic (exact) mass is 347 g/mol. The fourth-order valence-electron chi connectivity index (χ4n) is 3.86. The molecule has 7 heteroatoms. The summed E-state index contributed by atoms with van der Waals surface area (Å²) in [6, 6.07) is 8.75. The number of aliphatic carboxylic acids is 1. The lowest BCUT2D eigenvalue weighted by Gasteiger charge is -2.40. The van der Waals surface area contributed by atoms with Crippen LogP contribution >= 0.6 is 0 Å². The van der Waals surface area contributed by atoms with Crippen LogP contribution in [0.1, 0.15) is 29.6 Å². The summed E-state index contributed by atoms with van der Waals surface area (Å²) in [6.45, 7) is -0.686. The molecule has 25 heavy (non-hydrogen) atoms. The molecular weight excluding hydrogens is 326 g/mol. The standard InChI is InChI=1S/C18H21NO6/c1-19-12-7-8-13(19)16(18(23)24-10-15(20)21)14(9-12)25-17(22)11-5-3-2-4-6-11/h2-6,12-14,16H,7-10H2,1H3,(H,20,21)/t12?,13?,14-,16+/m0/s1. The van der Waals surface area contributed by atoms with Gasteiger partial charge in [-0.2, -0.15) is 0 Å². The second kappa shape index (κ2) is 7.23. The van der Waals surface area contributed by atoms with E-state index in [4.69, 9.17) is 14.6 Å². The maximum Gasteiger partial charge on any atom is 0.341 e. The molecule has 2 unspecified atom stereocenters. The van der Waals surface area contributed by atoms with E-state index >= 15 is 0 Å². The molecule has 0 aliphatic carbocycles. The molecule has 2 fully saturated rings. The second-order valence-corrected chi connectivity index (χ2v) is 6.54. The van der Waals surface area contributed by atoms with Crippen LogP contribution in [0.15, 0.2) is 30.3 Å². The summed E-state index contributed by atoms with van der Waals surface area (Å²) >= 11 is 0. The first-order valence-electron chi connectivity index (χ1n) is 8.33. The lowest BCUT2D eigenvalue weighted by molar-refractivity contribution is -0.165. The molecule has 0 radical (unpaired) electrons. The van der Waals surface area contributed by atoms with Crippen molar-refractivity contribution in [3.8, 4) is 0 Å². The second-order valence-electron chi connectivity index (χ2n) is 6.54. The van der Waals surface area contributed by atoms with Gasteiger partial charge < -0.3 is 14.6 Å². The predicted molar refractivity (Wildman–Crippen MR) is 86.9 cm³/mol. The molecule has 4 atom stereocenters. The zero-order valence-corrected chi connectivity index (χ0v) is 14.0. The van der Waals surface area contributed by atoms with E-state index in [9.17, 15) is 14.4 Å². The Kier molecular flexibility index (Phi) is 5.03. The molecule has 2 saturated heterocycles.